The molecule has 0 radical (unpaired) electrons. The van der Waals surface area contributed by atoms with Gasteiger partial charge in [-0.15, -0.1) is 11.3 Å². The van der Waals surface area contributed by atoms with Gasteiger partial charge in [-0.25, -0.2) is 4.98 Å². The molecule has 1 amide bonds. The maximum absolute atomic E-state index is 12.7. The Bertz CT molecular complexity index is 884. The first-order valence-electron chi connectivity index (χ1n) is 7.75. The van der Waals surface area contributed by atoms with E-state index in [1.54, 1.807) is 36.5 Å². The van der Waals surface area contributed by atoms with Crippen LogP contribution in [-0.2, 0) is 11.3 Å². The number of nitrogens with zero attached hydrogens (tertiary/aromatic N) is 3. The van der Waals surface area contributed by atoms with Crippen LogP contribution in [0.2, 0.25) is 0 Å². The molecule has 2 heterocycles. The summed E-state index contributed by atoms with van der Waals surface area (Å²) in [6.45, 7) is 0.0283. The normalized spacial score (nSPS) is 10.3. The van der Waals surface area contributed by atoms with Gasteiger partial charge in [-0.2, -0.15) is 0 Å². The van der Waals surface area contributed by atoms with Crippen molar-refractivity contribution in [3.8, 4) is 5.75 Å². The minimum Gasteiger partial charge on any atom is -0.477 e. The summed E-state index contributed by atoms with van der Waals surface area (Å²) in [4.78, 5) is 30.0. The molecule has 132 valence electrons. The van der Waals surface area contributed by atoms with E-state index in [2.05, 4.69) is 4.98 Å². The van der Waals surface area contributed by atoms with Crippen molar-refractivity contribution in [1.82, 2.24) is 4.98 Å². The zero-order valence-corrected chi connectivity index (χ0v) is 14.5. The van der Waals surface area contributed by atoms with Gasteiger partial charge in [0.25, 0.3) is 5.91 Å². The molecule has 3 rings (SSSR count). The number of anilines is 1. The molecule has 0 N–H and O–H groups in total. The fourth-order valence-corrected chi connectivity index (χ4v) is 3.01. The summed E-state index contributed by atoms with van der Waals surface area (Å²) in [6.07, 6.45) is 1.60. The number of hydrogen-bond donors (Lipinski definition) is 0. The largest absolute Gasteiger partial charge is 0.477 e. The predicted molar refractivity (Wildman–Crippen MR) is 98.3 cm³/mol. The second kappa shape index (κ2) is 8.21. The molecular weight excluding hydrogens is 354 g/mol. The van der Waals surface area contributed by atoms with Crippen molar-refractivity contribution >= 4 is 28.7 Å². The van der Waals surface area contributed by atoms with Crippen molar-refractivity contribution in [2.24, 2.45) is 0 Å². The lowest BCUT2D eigenvalue weighted by Gasteiger charge is -2.21. The van der Waals surface area contributed by atoms with Gasteiger partial charge in [-0.1, -0.05) is 24.3 Å². The van der Waals surface area contributed by atoms with Crippen molar-refractivity contribution in [3.05, 3.63) is 81.2 Å². The van der Waals surface area contributed by atoms with E-state index in [9.17, 15) is 14.9 Å². The predicted octanol–water partition coefficient (Wildman–Crippen LogP) is 3.66. The maximum atomic E-state index is 12.7. The number of rotatable bonds is 7. The van der Waals surface area contributed by atoms with Crippen molar-refractivity contribution in [2.45, 2.75) is 6.54 Å². The average molecular weight is 369 g/mol. The smallest absolute Gasteiger partial charge is 0.310 e. The third-order valence-electron chi connectivity index (χ3n) is 3.53. The molecule has 7 nitrogen and oxygen atoms in total. The number of carbonyl (C=O) groups excluding carboxylic acids is 1. The van der Waals surface area contributed by atoms with E-state index in [1.807, 2.05) is 17.5 Å². The Hall–Kier alpha value is -3.26. The number of para-hydroxylation sites is 2. The summed E-state index contributed by atoms with van der Waals surface area (Å²) in [6, 6.07) is 15.1. The number of ether oxygens (including phenoxy) is 1. The lowest BCUT2D eigenvalue weighted by atomic mass is 10.3. The van der Waals surface area contributed by atoms with Crippen molar-refractivity contribution < 1.29 is 14.5 Å². The Morgan fingerprint density at radius 2 is 1.96 bits per heavy atom. The van der Waals surface area contributed by atoms with Gasteiger partial charge in [-0.05, 0) is 29.6 Å². The Balaban J connectivity index is 1.77. The van der Waals surface area contributed by atoms with Crippen LogP contribution in [0.5, 0.6) is 5.75 Å². The highest BCUT2D eigenvalue weighted by Crippen LogP contribution is 2.26. The van der Waals surface area contributed by atoms with E-state index in [1.165, 1.54) is 28.4 Å². The Morgan fingerprint density at radius 3 is 2.65 bits per heavy atom. The minimum atomic E-state index is -0.540. The fraction of sp³-hybridized carbons (Fsp3) is 0.111. The summed E-state index contributed by atoms with van der Waals surface area (Å²) in [7, 11) is 0. The second-order valence-electron chi connectivity index (χ2n) is 5.26. The van der Waals surface area contributed by atoms with E-state index < -0.39 is 4.92 Å². The number of aromatic nitrogens is 1. The van der Waals surface area contributed by atoms with Gasteiger partial charge in [0.05, 0.1) is 11.5 Å². The molecule has 0 aliphatic rings. The van der Waals surface area contributed by atoms with Gasteiger partial charge in [0.2, 0.25) is 0 Å². The molecule has 0 unspecified atom stereocenters. The molecule has 1 aromatic carbocycles. The SMILES string of the molecule is O=C(COc1ccccc1[N+](=O)[O-])N(Cc1cccs1)c1ccccn1. The lowest BCUT2D eigenvalue weighted by molar-refractivity contribution is -0.385. The maximum Gasteiger partial charge on any atom is 0.310 e. The summed E-state index contributed by atoms with van der Waals surface area (Å²) in [5.74, 6) is 0.218. The Labute approximate surface area is 153 Å². The van der Waals surface area contributed by atoms with Crippen LogP contribution < -0.4 is 9.64 Å². The Kier molecular flexibility index (Phi) is 5.55. The van der Waals surface area contributed by atoms with E-state index in [0.717, 1.165) is 4.88 Å². The van der Waals surface area contributed by atoms with Gasteiger partial charge in [0.15, 0.2) is 12.4 Å². The third kappa shape index (κ3) is 4.22. The lowest BCUT2D eigenvalue weighted by Crippen LogP contribution is -2.35. The first kappa shape index (κ1) is 17.6. The molecule has 0 fully saturated rings. The van der Waals surface area contributed by atoms with Crippen molar-refractivity contribution in [2.75, 3.05) is 11.5 Å². The summed E-state index contributed by atoms with van der Waals surface area (Å²) >= 11 is 1.53. The Morgan fingerprint density at radius 1 is 1.15 bits per heavy atom. The molecule has 0 saturated heterocycles. The van der Waals surface area contributed by atoms with E-state index >= 15 is 0 Å². The quantitative estimate of drug-likeness (QED) is 0.469. The number of nitro benzene ring substituents is 1. The molecule has 0 spiro atoms. The highest BCUT2D eigenvalue weighted by atomic mass is 32.1. The molecule has 3 aromatic rings. The average Bonchev–Trinajstić information content (AvgIpc) is 3.18. The van der Waals surface area contributed by atoms with E-state index in [0.29, 0.717) is 12.4 Å². The zero-order valence-electron chi connectivity index (χ0n) is 13.6. The molecule has 0 saturated carbocycles. The fourth-order valence-electron chi connectivity index (χ4n) is 2.32. The molecule has 0 aliphatic carbocycles. The molecule has 8 heteroatoms. The van der Waals surface area contributed by atoms with E-state index in [4.69, 9.17) is 4.74 Å². The van der Waals surface area contributed by atoms with Crippen LogP contribution in [0.3, 0.4) is 0 Å². The van der Waals surface area contributed by atoms with Crippen LogP contribution in [-0.4, -0.2) is 22.4 Å². The molecule has 0 aliphatic heterocycles. The molecule has 2 aromatic heterocycles. The van der Waals surface area contributed by atoms with Crippen LogP contribution in [0.4, 0.5) is 11.5 Å². The molecule has 0 atom stereocenters. The molecular formula is C18H15N3O4S. The first-order valence-corrected chi connectivity index (χ1v) is 8.63. The highest BCUT2D eigenvalue weighted by molar-refractivity contribution is 7.09. The first-order chi connectivity index (χ1) is 12.6. The van der Waals surface area contributed by atoms with Crippen LogP contribution >= 0.6 is 11.3 Å². The topological polar surface area (TPSA) is 85.6 Å². The van der Waals surface area contributed by atoms with Crippen LogP contribution in [0, 0.1) is 10.1 Å². The molecule has 26 heavy (non-hydrogen) atoms. The third-order valence-corrected chi connectivity index (χ3v) is 4.40. The summed E-state index contributed by atoms with van der Waals surface area (Å²) in [5.41, 5.74) is -0.178. The number of benzene rings is 1. The van der Waals surface area contributed by atoms with Gasteiger partial charge in [0, 0.05) is 17.1 Å². The summed E-state index contributed by atoms with van der Waals surface area (Å²) < 4.78 is 5.42. The number of pyridine rings is 1. The van der Waals surface area contributed by atoms with E-state index in [-0.39, 0.29) is 24.0 Å². The standard InChI is InChI=1S/C18H15N3O4S/c22-18(13-25-16-8-2-1-7-15(16)21(23)24)20(12-14-6-5-11-26-14)17-9-3-4-10-19-17/h1-11H,12-13H2. The van der Waals surface area contributed by atoms with Gasteiger partial charge in [0.1, 0.15) is 5.82 Å². The molecule has 0 bridgehead atoms. The van der Waals surface area contributed by atoms with Crippen LogP contribution in [0.25, 0.3) is 0 Å². The van der Waals surface area contributed by atoms with Crippen molar-refractivity contribution in [1.29, 1.82) is 0 Å². The zero-order chi connectivity index (χ0) is 18.4. The summed E-state index contributed by atoms with van der Waals surface area (Å²) in [5, 5.41) is 13.0. The van der Waals surface area contributed by atoms with Gasteiger partial charge < -0.3 is 4.74 Å². The number of amides is 1. The number of thiophene rings is 1. The minimum absolute atomic E-state index is 0.0583. The number of hydrogen-bond acceptors (Lipinski definition) is 6. The van der Waals surface area contributed by atoms with Crippen molar-refractivity contribution in [3.63, 3.8) is 0 Å². The highest BCUT2D eigenvalue weighted by Gasteiger charge is 2.20. The van der Waals surface area contributed by atoms with Crippen LogP contribution in [0.15, 0.2) is 66.2 Å². The monoisotopic (exact) mass is 369 g/mol. The number of carbonyl (C=O) groups is 1. The van der Waals surface area contributed by atoms with Crippen LogP contribution in [0.1, 0.15) is 4.88 Å². The second-order valence-corrected chi connectivity index (χ2v) is 6.29. The van der Waals surface area contributed by atoms with Gasteiger partial charge in [-0.3, -0.25) is 19.8 Å². The van der Waals surface area contributed by atoms with Gasteiger partial charge >= 0.3 is 5.69 Å². The number of nitro groups is 1.